The highest BCUT2D eigenvalue weighted by molar-refractivity contribution is 5.83. The van der Waals surface area contributed by atoms with E-state index in [-0.39, 0.29) is 25.2 Å². The van der Waals surface area contributed by atoms with Crippen LogP contribution in [-0.4, -0.2) is 40.2 Å². The van der Waals surface area contributed by atoms with Gasteiger partial charge in [-0.15, -0.1) is 0 Å². The van der Waals surface area contributed by atoms with Crippen LogP contribution in [0.1, 0.15) is 43.7 Å². The fourth-order valence-electron chi connectivity index (χ4n) is 3.37. The van der Waals surface area contributed by atoms with Crippen molar-refractivity contribution in [3.05, 3.63) is 66.0 Å². The van der Waals surface area contributed by atoms with Crippen molar-refractivity contribution in [2.45, 2.75) is 57.2 Å². The molecule has 31 heavy (non-hydrogen) atoms. The van der Waals surface area contributed by atoms with E-state index in [0.29, 0.717) is 25.8 Å². The maximum atomic E-state index is 14.3. The van der Waals surface area contributed by atoms with Gasteiger partial charge in [0.2, 0.25) is 5.91 Å². The lowest BCUT2D eigenvalue weighted by Crippen LogP contribution is -2.39. The normalized spacial score (nSPS) is 14.9. The molecule has 0 aliphatic rings. The van der Waals surface area contributed by atoms with Gasteiger partial charge < -0.3 is 16.2 Å². The smallest absolute Gasteiger partial charge is 0.254 e. The number of nitrogens with one attached hydrogen (secondary N) is 1. The number of primary amides is 1. The van der Waals surface area contributed by atoms with Gasteiger partial charge in [0.05, 0.1) is 6.10 Å². The lowest BCUT2D eigenvalue weighted by molar-refractivity contribution is -0.131. The maximum absolute atomic E-state index is 14.3. The van der Waals surface area contributed by atoms with Crippen molar-refractivity contribution >= 4 is 11.8 Å². The average molecular weight is 430 g/mol. The van der Waals surface area contributed by atoms with E-state index >= 15 is 0 Å². The van der Waals surface area contributed by atoms with Crippen molar-refractivity contribution in [1.82, 2.24) is 10.3 Å². The molecule has 1 aromatic heterocycles. The summed E-state index contributed by atoms with van der Waals surface area (Å²) in [5, 5.41) is 13.4. The Hall–Kier alpha value is -2.80. The number of halogens is 1. The molecule has 0 spiro atoms. The number of hydrogen-bond acceptors (Lipinski definition) is 4. The van der Waals surface area contributed by atoms with Crippen molar-refractivity contribution in [2.75, 3.05) is 6.54 Å². The number of carbonyl (C=O) groups is 2. The van der Waals surface area contributed by atoms with Crippen molar-refractivity contribution in [3.63, 3.8) is 0 Å². The number of carbonyl (C=O) groups excluding carboxylic acids is 2. The summed E-state index contributed by atoms with van der Waals surface area (Å²) in [5.41, 5.74) is 5.02. The maximum Gasteiger partial charge on any atom is 0.254 e. The lowest BCUT2D eigenvalue weighted by Gasteiger charge is -2.23. The molecule has 0 radical (unpaired) electrons. The Morgan fingerprint density at radius 2 is 1.84 bits per heavy atom. The SMILES string of the molecule is CC(F)(CC[C@H](C[C@@H](O)CCc1ccccc1)C(=O)NCCc1cccnc1)C(N)=O. The topological polar surface area (TPSA) is 105 Å². The fourth-order valence-corrected chi connectivity index (χ4v) is 3.37. The van der Waals surface area contributed by atoms with E-state index in [1.165, 1.54) is 0 Å². The minimum absolute atomic E-state index is 0.122. The Kier molecular flexibility index (Phi) is 9.59. The number of nitrogens with zero attached hydrogens (tertiary/aromatic N) is 1. The second-order valence-corrected chi connectivity index (χ2v) is 8.11. The third kappa shape index (κ3) is 8.84. The van der Waals surface area contributed by atoms with Crippen LogP contribution in [0.4, 0.5) is 4.39 Å². The molecule has 0 saturated heterocycles. The molecular formula is C24H32FN3O3. The second-order valence-electron chi connectivity index (χ2n) is 8.11. The largest absolute Gasteiger partial charge is 0.393 e. The van der Waals surface area contributed by atoms with E-state index in [1.54, 1.807) is 12.4 Å². The van der Waals surface area contributed by atoms with Gasteiger partial charge in [-0.25, -0.2) is 4.39 Å². The highest BCUT2D eigenvalue weighted by Crippen LogP contribution is 2.24. The standard InChI is InChI=1S/C24H32FN3O3/c1-24(25,23(26)31)13-11-20(16-21(29)10-9-18-6-3-2-4-7-18)22(30)28-15-12-19-8-5-14-27-17-19/h2-8,14,17,20-21,29H,9-13,15-16H2,1H3,(H2,26,31)(H,28,30)/t20-,21+,24?/m1/s1. The second kappa shape index (κ2) is 12.2. The Labute approximate surface area is 183 Å². The summed E-state index contributed by atoms with van der Waals surface area (Å²) in [5.74, 6) is -1.93. The zero-order valence-corrected chi connectivity index (χ0v) is 18.0. The third-order valence-electron chi connectivity index (χ3n) is 5.45. The molecule has 0 bridgehead atoms. The molecule has 0 fully saturated rings. The molecule has 168 valence electrons. The Balaban J connectivity index is 1.92. The molecule has 7 heteroatoms. The third-order valence-corrected chi connectivity index (χ3v) is 5.45. The quantitative estimate of drug-likeness (QED) is 0.455. The van der Waals surface area contributed by atoms with Crippen molar-refractivity contribution in [2.24, 2.45) is 11.7 Å². The van der Waals surface area contributed by atoms with Crippen LogP contribution < -0.4 is 11.1 Å². The van der Waals surface area contributed by atoms with Gasteiger partial charge in [-0.2, -0.15) is 0 Å². The van der Waals surface area contributed by atoms with E-state index in [0.717, 1.165) is 18.1 Å². The lowest BCUT2D eigenvalue weighted by atomic mass is 9.88. The fraction of sp³-hybridized carbons (Fsp3) is 0.458. The Bertz CT molecular complexity index is 815. The molecule has 0 aliphatic carbocycles. The first kappa shape index (κ1) is 24.5. The molecule has 2 amide bonds. The summed E-state index contributed by atoms with van der Waals surface area (Å²) in [6.45, 7) is 1.53. The first-order valence-electron chi connectivity index (χ1n) is 10.7. The summed E-state index contributed by atoms with van der Waals surface area (Å²) in [6.07, 6.45) is 4.64. The highest BCUT2D eigenvalue weighted by Gasteiger charge is 2.33. The first-order chi connectivity index (χ1) is 14.8. The van der Waals surface area contributed by atoms with Gasteiger partial charge in [0.15, 0.2) is 5.67 Å². The van der Waals surface area contributed by atoms with Crippen molar-refractivity contribution < 1.29 is 19.1 Å². The molecule has 0 aliphatic heterocycles. The summed E-state index contributed by atoms with van der Waals surface area (Å²) in [6, 6.07) is 13.5. The van der Waals surface area contributed by atoms with Gasteiger partial charge in [0, 0.05) is 24.9 Å². The Morgan fingerprint density at radius 1 is 1.13 bits per heavy atom. The molecule has 2 aromatic rings. The minimum Gasteiger partial charge on any atom is -0.393 e. The Morgan fingerprint density at radius 3 is 2.48 bits per heavy atom. The molecule has 6 nitrogen and oxygen atoms in total. The summed E-state index contributed by atoms with van der Waals surface area (Å²) in [4.78, 5) is 28.1. The zero-order valence-electron chi connectivity index (χ0n) is 18.0. The number of aliphatic hydroxyl groups is 1. The number of nitrogens with two attached hydrogens (primary N) is 1. The summed E-state index contributed by atoms with van der Waals surface area (Å²) < 4.78 is 14.3. The zero-order chi connectivity index (χ0) is 22.7. The number of aliphatic hydroxyl groups excluding tert-OH is 1. The minimum atomic E-state index is -2.19. The number of aromatic nitrogens is 1. The van der Waals surface area contributed by atoms with E-state index in [9.17, 15) is 19.1 Å². The van der Waals surface area contributed by atoms with E-state index in [4.69, 9.17) is 5.73 Å². The van der Waals surface area contributed by atoms with Gasteiger partial charge in [0.1, 0.15) is 0 Å². The van der Waals surface area contributed by atoms with Crippen LogP contribution in [-0.2, 0) is 22.4 Å². The molecule has 0 saturated carbocycles. The van der Waals surface area contributed by atoms with Gasteiger partial charge in [-0.3, -0.25) is 14.6 Å². The molecule has 1 aromatic carbocycles. The molecular weight excluding hydrogens is 397 g/mol. The number of amides is 2. The van der Waals surface area contributed by atoms with Crippen LogP contribution in [0.5, 0.6) is 0 Å². The number of pyridine rings is 1. The van der Waals surface area contributed by atoms with Crippen molar-refractivity contribution in [1.29, 1.82) is 0 Å². The predicted molar refractivity (Wildman–Crippen MR) is 118 cm³/mol. The van der Waals surface area contributed by atoms with Gasteiger partial charge >= 0.3 is 0 Å². The average Bonchev–Trinajstić information content (AvgIpc) is 2.76. The molecule has 1 heterocycles. The van der Waals surface area contributed by atoms with Crippen LogP contribution in [0.3, 0.4) is 0 Å². The van der Waals surface area contributed by atoms with Crippen LogP contribution in [0.15, 0.2) is 54.9 Å². The number of alkyl halides is 1. The number of rotatable bonds is 13. The van der Waals surface area contributed by atoms with Crippen LogP contribution in [0.2, 0.25) is 0 Å². The number of benzene rings is 1. The van der Waals surface area contributed by atoms with Crippen LogP contribution in [0, 0.1) is 5.92 Å². The molecule has 4 N–H and O–H groups in total. The van der Waals surface area contributed by atoms with E-state index in [2.05, 4.69) is 10.3 Å². The van der Waals surface area contributed by atoms with Gasteiger partial charge in [-0.1, -0.05) is 36.4 Å². The first-order valence-corrected chi connectivity index (χ1v) is 10.7. The van der Waals surface area contributed by atoms with E-state index < -0.39 is 23.6 Å². The molecule has 1 unspecified atom stereocenters. The van der Waals surface area contributed by atoms with Crippen LogP contribution >= 0.6 is 0 Å². The molecule has 3 atom stereocenters. The van der Waals surface area contributed by atoms with Crippen LogP contribution in [0.25, 0.3) is 0 Å². The van der Waals surface area contributed by atoms with E-state index in [1.807, 2.05) is 42.5 Å². The van der Waals surface area contributed by atoms with Gasteiger partial charge in [-0.05, 0) is 62.6 Å². The number of aryl methyl sites for hydroxylation is 1. The number of hydrogen-bond donors (Lipinski definition) is 3. The predicted octanol–water partition coefficient (Wildman–Crippen LogP) is 2.73. The highest BCUT2D eigenvalue weighted by atomic mass is 19.1. The summed E-state index contributed by atoms with van der Waals surface area (Å²) in [7, 11) is 0. The van der Waals surface area contributed by atoms with Gasteiger partial charge in [0.25, 0.3) is 5.91 Å². The monoisotopic (exact) mass is 429 g/mol. The summed E-state index contributed by atoms with van der Waals surface area (Å²) >= 11 is 0. The van der Waals surface area contributed by atoms with Crippen molar-refractivity contribution in [3.8, 4) is 0 Å². The molecule has 2 rings (SSSR count).